The van der Waals surface area contributed by atoms with Crippen LogP contribution in [0.25, 0.3) is 22.2 Å². The molecule has 0 spiro atoms. The molecule has 0 saturated heterocycles. The standard InChI is InChI=1S/C30H29FN4O/c1-30(2,3)29(20-8-6-5-7-9-20)26-17-24(13-14-25(26)28-18-32-35(4)34-28)36-19-23-12-10-21-16-22(31)11-15-27(21)33-23/h5-18,29H,19H2,1-4H3. The Hall–Kier alpha value is -4.06. The zero-order valence-corrected chi connectivity index (χ0v) is 20.9. The molecule has 0 radical (unpaired) electrons. The number of hydrogen-bond acceptors (Lipinski definition) is 4. The molecule has 6 heteroatoms. The summed E-state index contributed by atoms with van der Waals surface area (Å²) in [4.78, 5) is 6.21. The molecule has 0 N–H and O–H groups in total. The predicted octanol–water partition coefficient (Wildman–Crippen LogP) is 6.93. The molecule has 3 aromatic carbocycles. The lowest BCUT2D eigenvalue weighted by atomic mass is 9.71. The lowest BCUT2D eigenvalue weighted by Gasteiger charge is -2.33. The summed E-state index contributed by atoms with van der Waals surface area (Å²) in [6.45, 7) is 7.06. The Morgan fingerprint density at radius 1 is 0.944 bits per heavy atom. The summed E-state index contributed by atoms with van der Waals surface area (Å²) in [7, 11) is 1.82. The van der Waals surface area contributed by atoms with Crippen LogP contribution in [0.4, 0.5) is 4.39 Å². The first-order valence-electron chi connectivity index (χ1n) is 12.0. The molecule has 0 aliphatic heterocycles. The summed E-state index contributed by atoms with van der Waals surface area (Å²) in [6, 6.07) is 25.0. The van der Waals surface area contributed by atoms with Crippen molar-refractivity contribution in [2.45, 2.75) is 33.3 Å². The van der Waals surface area contributed by atoms with Crippen LogP contribution in [0.5, 0.6) is 5.75 Å². The third-order valence-corrected chi connectivity index (χ3v) is 6.30. The van der Waals surface area contributed by atoms with Crippen molar-refractivity contribution >= 4 is 10.9 Å². The second-order valence-electron chi connectivity index (χ2n) is 10.1. The highest BCUT2D eigenvalue weighted by atomic mass is 19.1. The summed E-state index contributed by atoms with van der Waals surface area (Å²) >= 11 is 0. The van der Waals surface area contributed by atoms with E-state index in [9.17, 15) is 4.39 Å². The van der Waals surface area contributed by atoms with E-state index >= 15 is 0 Å². The van der Waals surface area contributed by atoms with Crippen LogP contribution in [0, 0.1) is 11.2 Å². The lowest BCUT2D eigenvalue weighted by Crippen LogP contribution is -2.20. The quantitative estimate of drug-likeness (QED) is 0.265. The van der Waals surface area contributed by atoms with Gasteiger partial charge < -0.3 is 4.74 Å². The second-order valence-corrected chi connectivity index (χ2v) is 10.1. The Morgan fingerprint density at radius 3 is 2.47 bits per heavy atom. The largest absolute Gasteiger partial charge is 0.487 e. The number of nitrogens with zero attached hydrogens (tertiary/aromatic N) is 4. The Kier molecular flexibility index (Phi) is 6.27. The van der Waals surface area contributed by atoms with Gasteiger partial charge in [-0.25, -0.2) is 9.37 Å². The summed E-state index contributed by atoms with van der Waals surface area (Å²) in [6.07, 6.45) is 1.80. The molecule has 5 aromatic rings. The number of aryl methyl sites for hydroxylation is 1. The van der Waals surface area contributed by atoms with Crippen molar-refractivity contribution in [2.75, 3.05) is 0 Å². The molecule has 2 aromatic heterocycles. The third-order valence-electron chi connectivity index (χ3n) is 6.30. The van der Waals surface area contributed by atoms with E-state index in [1.165, 1.54) is 17.7 Å². The van der Waals surface area contributed by atoms with Crippen molar-refractivity contribution < 1.29 is 9.13 Å². The van der Waals surface area contributed by atoms with Crippen LogP contribution in [-0.2, 0) is 13.7 Å². The Labute approximate surface area is 210 Å². The molecule has 0 aliphatic rings. The molecule has 0 aliphatic carbocycles. The molecule has 182 valence electrons. The fourth-order valence-electron chi connectivity index (χ4n) is 4.74. The first-order valence-corrected chi connectivity index (χ1v) is 12.0. The maximum atomic E-state index is 13.5. The first-order chi connectivity index (χ1) is 17.3. The molecule has 0 bridgehead atoms. The van der Waals surface area contributed by atoms with Gasteiger partial charge in [-0.05, 0) is 59.0 Å². The molecular weight excluding hydrogens is 451 g/mol. The number of ether oxygens (including phenoxy) is 1. The van der Waals surface area contributed by atoms with E-state index in [1.54, 1.807) is 17.1 Å². The molecule has 0 amide bonds. The zero-order chi connectivity index (χ0) is 25.3. The topological polar surface area (TPSA) is 52.8 Å². The number of aromatic nitrogens is 4. The Morgan fingerprint density at radius 2 is 1.75 bits per heavy atom. The van der Waals surface area contributed by atoms with Gasteiger partial charge in [0.1, 0.15) is 23.9 Å². The normalized spacial score (nSPS) is 12.6. The molecule has 1 unspecified atom stereocenters. The minimum Gasteiger partial charge on any atom is -0.487 e. The van der Waals surface area contributed by atoms with Crippen molar-refractivity contribution in [1.82, 2.24) is 20.0 Å². The SMILES string of the molecule is Cn1ncc(-c2ccc(OCc3ccc4cc(F)ccc4n3)cc2C(c2ccccc2)C(C)(C)C)n1. The minimum atomic E-state index is -0.268. The maximum absolute atomic E-state index is 13.5. The van der Waals surface area contributed by atoms with Crippen LogP contribution in [0.1, 0.15) is 43.5 Å². The summed E-state index contributed by atoms with van der Waals surface area (Å²) in [5.74, 6) is 0.590. The average Bonchev–Trinajstić information content (AvgIpc) is 3.28. The van der Waals surface area contributed by atoms with Crippen molar-refractivity contribution in [3.8, 4) is 17.0 Å². The molecule has 2 heterocycles. The van der Waals surface area contributed by atoms with Crippen LogP contribution in [0.2, 0.25) is 0 Å². The molecule has 36 heavy (non-hydrogen) atoms. The van der Waals surface area contributed by atoms with Gasteiger partial charge in [0.15, 0.2) is 0 Å². The predicted molar refractivity (Wildman–Crippen MR) is 140 cm³/mol. The van der Waals surface area contributed by atoms with Crippen LogP contribution >= 0.6 is 0 Å². The van der Waals surface area contributed by atoms with Crippen LogP contribution in [0.15, 0.2) is 85.1 Å². The smallest absolute Gasteiger partial charge is 0.130 e. The minimum absolute atomic E-state index is 0.0634. The van der Waals surface area contributed by atoms with E-state index in [1.807, 2.05) is 31.3 Å². The molecule has 0 fully saturated rings. The molecule has 5 rings (SSSR count). The average molecular weight is 481 g/mol. The third kappa shape index (κ3) is 4.98. The highest BCUT2D eigenvalue weighted by Gasteiger charge is 2.31. The van der Waals surface area contributed by atoms with E-state index in [0.29, 0.717) is 6.61 Å². The van der Waals surface area contributed by atoms with Crippen molar-refractivity contribution in [1.29, 1.82) is 0 Å². The summed E-state index contributed by atoms with van der Waals surface area (Å²) < 4.78 is 19.7. The highest BCUT2D eigenvalue weighted by molar-refractivity contribution is 5.78. The van der Waals surface area contributed by atoms with Gasteiger partial charge in [0.25, 0.3) is 0 Å². The molecule has 0 saturated carbocycles. The van der Waals surface area contributed by atoms with E-state index in [2.05, 4.69) is 72.4 Å². The maximum Gasteiger partial charge on any atom is 0.130 e. The van der Waals surface area contributed by atoms with Crippen molar-refractivity contribution in [2.24, 2.45) is 12.5 Å². The summed E-state index contributed by atoms with van der Waals surface area (Å²) in [5, 5.41) is 9.65. The number of rotatable bonds is 6. The van der Waals surface area contributed by atoms with Gasteiger partial charge in [0, 0.05) is 23.9 Å². The van der Waals surface area contributed by atoms with Crippen LogP contribution in [0.3, 0.4) is 0 Å². The fraction of sp³-hybridized carbons (Fsp3) is 0.233. The second kappa shape index (κ2) is 9.53. The first kappa shape index (κ1) is 23.7. The Bertz CT molecular complexity index is 1500. The van der Waals surface area contributed by atoms with E-state index in [-0.39, 0.29) is 17.2 Å². The number of hydrogen-bond donors (Lipinski definition) is 0. The van der Waals surface area contributed by atoms with Crippen LogP contribution < -0.4 is 4.74 Å². The Balaban J connectivity index is 1.52. The molecule has 1 atom stereocenters. The monoisotopic (exact) mass is 480 g/mol. The van der Waals surface area contributed by atoms with Crippen molar-refractivity contribution in [3.05, 3.63) is 108 Å². The van der Waals surface area contributed by atoms with Gasteiger partial charge in [0.2, 0.25) is 0 Å². The highest BCUT2D eigenvalue weighted by Crippen LogP contribution is 2.45. The zero-order valence-electron chi connectivity index (χ0n) is 20.9. The summed E-state index contributed by atoms with van der Waals surface area (Å²) in [5.41, 5.74) is 5.69. The van der Waals surface area contributed by atoms with Gasteiger partial charge in [-0.1, -0.05) is 57.2 Å². The molecular formula is C30H29FN4O. The van der Waals surface area contributed by atoms with Gasteiger partial charge >= 0.3 is 0 Å². The van der Waals surface area contributed by atoms with Crippen molar-refractivity contribution in [3.63, 3.8) is 0 Å². The van der Waals surface area contributed by atoms with E-state index in [4.69, 9.17) is 4.74 Å². The van der Waals surface area contributed by atoms with Gasteiger partial charge in [-0.2, -0.15) is 15.0 Å². The fourth-order valence-corrected chi connectivity index (χ4v) is 4.74. The van der Waals surface area contributed by atoms with E-state index in [0.717, 1.165) is 39.2 Å². The van der Waals surface area contributed by atoms with Gasteiger partial charge in [-0.15, -0.1) is 0 Å². The van der Waals surface area contributed by atoms with Crippen LogP contribution in [-0.4, -0.2) is 20.0 Å². The number of fused-ring (bicyclic) bond motifs is 1. The number of halogens is 1. The number of pyridine rings is 1. The lowest BCUT2D eigenvalue weighted by molar-refractivity contribution is 0.300. The molecule has 5 nitrogen and oxygen atoms in total. The van der Waals surface area contributed by atoms with E-state index < -0.39 is 0 Å². The number of benzene rings is 3. The van der Waals surface area contributed by atoms with Gasteiger partial charge in [-0.3, -0.25) is 0 Å². The van der Waals surface area contributed by atoms with Gasteiger partial charge in [0.05, 0.1) is 17.4 Å².